The van der Waals surface area contributed by atoms with Gasteiger partial charge in [-0.2, -0.15) is 0 Å². The van der Waals surface area contributed by atoms with Gasteiger partial charge in [0.2, 0.25) is 0 Å². The summed E-state index contributed by atoms with van der Waals surface area (Å²) in [4.78, 5) is 0. The van der Waals surface area contributed by atoms with E-state index >= 15 is 0 Å². The van der Waals surface area contributed by atoms with Crippen LogP contribution in [0.4, 0.5) is 0 Å². The topological polar surface area (TPSA) is 35.2 Å². The van der Waals surface area contributed by atoms with E-state index in [0.717, 1.165) is 0 Å². The van der Waals surface area contributed by atoms with Gasteiger partial charge in [-0.25, -0.2) is 0 Å². The maximum absolute atomic E-state index is 5.56. The fourth-order valence-electron chi connectivity index (χ4n) is 0.186. The van der Waals surface area contributed by atoms with Gasteiger partial charge in [0.1, 0.15) is 0 Å². The van der Waals surface area contributed by atoms with Gasteiger partial charge in [-0.15, -0.1) is 0 Å². The molecule has 0 saturated carbocycles. The van der Waals surface area contributed by atoms with Gasteiger partial charge >= 0.3 is 0 Å². The Labute approximate surface area is 51.0 Å². The Bertz CT molecular complexity index is 68.9. The molecule has 0 amide bonds. The van der Waals surface area contributed by atoms with Crippen molar-refractivity contribution in [1.29, 1.82) is 0 Å². The van der Waals surface area contributed by atoms with E-state index in [-0.39, 0.29) is 11.6 Å². The molecule has 50 valence electrons. The largest absolute Gasteiger partial charge is 0.377 e. The molecule has 0 fully saturated rings. The Kier molecular flexibility index (Phi) is 2.44. The highest BCUT2D eigenvalue weighted by Crippen LogP contribution is 2.09. The predicted molar refractivity (Wildman–Crippen MR) is 34.7 cm³/mol. The second kappa shape index (κ2) is 2.46. The lowest BCUT2D eigenvalue weighted by molar-refractivity contribution is 0.00545. The number of nitrogens with two attached hydrogens (primary N) is 1. The smallest absolute Gasteiger partial charge is 0.0770 e. The summed E-state index contributed by atoms with van der Waals surface area (Å²) in [6.07, 6.45) is 0. The van der Waals surface area contributed by atoms with Crippen LogP contribution in [-0.4, -0.2) is 18.8 Å². The van der Waals surface area contributed by atoms with E-state index in [1.54, 1.807) is 7.11 Å². The highest BCUT2D eigenvalue weighted by molar-refractivity contribution is 4.77. The molecule has 0 aliphatic heterocycles. The van der Waals surface area contributed by atoms with Crippen LogP contribution >= 0.6 is 0 Å². The van der Waals surface area contributed by atoms with E-state index in [0.29, 0.717) is 0 Å². The Balaban J connectivity index is 3.71. The van der Waals surface area contributed by atoms with E-state index in [9.17, 15) is 0 Å². The van der Waals surface area contributed by atoms with Crippen molar-refractivity contribution in [1.82, 2.24) is 0 Å². The van der Waals surface area contributed by atoms with Crippen LogP contribution in [0, 0.1) is 0 Å². The summed E-state index contributed by atoms with van der Waals surface area (Å²) >= 11 is 0. The predicted octanol–water partition coefficient (Wildman–Crippen LogP) is 0.759. The van der Waals surface area contributed by atoms with Crippen LogP contribution in [-0.2, 0) is 4.74 Å². The molecular formula is C6H15NO. The van der Waals surface area contributed by atoms with Crippen molar-refractivity contribution in [3.05, 3.63) is 0 Å². The summed E-state index contributed by atoms with van der Waals surface area (Å²) in [5, 5.41) is 0. The molecule has 0 bridgehead atoms. The quantitative estimate of drug-likeness (QED) is 0.579. The minimum Gasteiger partial charge on any atom is -0.377 e. The van der Waals surface area contributed by atoms with Gasteiger partial charge in [0.25, 0.3) is 0 Å². The summed E-state index contributed by atoms with van der Waals surface area (Å²) in [6.45, 7) is 5.87. The van der Waals surface area contributed by atoms with E-state index in [2.05, 4.69) is 0 Å². The third-order valence-corrected chi connectivity index (χ3v) is 1.62. The van der Waals surface area contributed by atoms with Crippen LogP contribution in [0.3, 0.4) is 0 Å². The molecular weight excluding hydrogens is 102 g/mol. The first-order valence-corrected chi connectivity index (χ1v) is 2.81. The summed E-state index contributed by atoms with van der Waals surface area (Å²) in [7, 11) is 1.67. The van der Waals surface area contributed by atoms with Crippen LogP contribution in [0.25, 0.3) is 0 Å². The SMILES string of the molecule is COC(C)(C)[C@@H](C)N. The van der Waals surface area contributed by atoms with Crippen molar-refractivity contribution in [3.8, 4) is 0 Å². The first-order valence-electron chi connectivity index (χ1n) is 2.81. The lowest BCUT2D eigenvalue weighted by Crippen LogP contribution is -2.42. The Morgan fingerprint density at radius 3 is 1.88 bits per heavy atom. The highest BCUT2D eigenvalue weighted by Gasteiger charge is 2.20. The Hall–Kier alpha value is -0.0800. The van der Waals surface area contributed by atoms with Crippen molar-refractivity contribution in [2.24, 2.45) is 5.73 Å². The van der Waals surface area contributed by atoms with Crippen molar-refractivity contribution in [2.75, 3.05) is 7.11 Å². The van der Waals surface area contributed by atoms with Crippen LogP contribution in [0.2, 0.25) is 0 Å². The molecule has 0 aliphatic rings. The first kappa shape index (κ1) is 7.92. The number of methoxy groups -OCH3 is 1. The molecule has 0 heterocycles. The molecule has 0 aliphatic carbocycles. The van der Waals surface area contributed by atoms with Gasteiger partial charge < -0.3 is 10.5 Å². The average Bonchev–Trinajstić information content (AvgIpc) is 1.67. The van der Waals surface area contributed by atoms with Gasteiger partial charge in [0.05, 0.1) is 5.60 Å². The van der Waals surface area contributed by atoms with Gasteiger partial charge in [-0.1, -0.05) is 0 Å². The molecule has 0 radical (unpaired) electrons. The highest BCUT2D eigenvalue weighted by atomic mass is 16.5. The third-order valence-electron chi connectivity index (χ3n) is 1.62. The molecule has 0 unspecified atom stereocenters. The van der Waals surface area contributed by atoms with Gasteiger partial charge in [0, 0.05) is 13.2 Å². The van der Waals surface area contributed by atoms with Crippen molar-refractivity contribution >= 4 is 0 Å². The fourth-order valence-corrected chi connectivity index (χ4v) is 0.186. The van der Waals surface area contributed by atoms with Crippen LogP contribution in [0.1, 0.15) is 20.8 Å². The van der Waals surface area contributed by atoms with Crippen LogP contribution in [0.5, 0.6) is 0 Å². The zero-order chi connectivity index (χ0) is 6.78. The molecule has 0 aromatic rings. The molecule has 1 atom stereocenters. The molecule has 8 heavy (non-hydrogen) atoms. The number of hydrogen-bond acceptors (Lipinski definition) is 2. The molecule has 0 spiro atoms. The third kappa shape index (κ3) is 1.80. The van der Waals surface area contributed by atoms with Crippen LogP contribution in [0.15, 0.2) is 0 Å². The number of rotatable bonds is 2. The second-order valence-corrected chi connectivity index (χ2v) is 2.60. The number of hydrogen-bond donors (Lipinski definition) is 1. The summed E-state index contributed by atoms with van der Waals surface area (Å²) in [5.41, 5.74) is 5.38. The molecule has 0 aromatic carbocycles. The minimum absolute atomic E-state index is 0.0903. The Morgan fingerprint density at radius 1 is 1.50 bits per heavy atom. The minimum atomic E-state index is -0.181. The van der Waals surface area contributed by atoms with E-state index < -0.39 is 0 Å². The maximum Gasteiger partial charge on any atom is 0.0770 e. The zero-order valence-electron chi connectivity index (χ0n) is 6.06. The zero-order valence-corrected chi connectivity index (χ0v) is 6.06. The number of ether oxygens (including phenoxy) is 1. The second-order valence-electron chi connectivity index (χ2n) is 2.60. The fraction of sp³-hybridized carbons (Fsp3) is 1.00. The summed E-state index contributed by atoms with van der Waals surface area (Å²) in [6, 6.07) is 0.0903. The first-order chi connectivity index (χ1) is 3.50. The van der Waals surface area contributed by atoms with E-state index in [1.165, 1.54) is 0 Å². The molecule has 0 rings (SSSR count). The standard InChI is InChI=1S/C6H15NO/c1-5(7)6(2,3)8-4/h5H,7H2,1-4H3/t5-/m1/s1. The Morgan fingerprint density at radius 2 is 1.88 bits per heavy atom. The molecule has 2 nitrogen and oxygen atoms in total. The maximum atomic E-state index is 5.56. The average molecular weight is 117 g/mol. The molecule has 2 N–H and O–H groups in total. The van der Waals surface area contributed by atoms with Crippen LogP contribution < -0.4 is 5.73 Å². The summed E-state index contributed by atoms with van der Waals surface area (Å²) in [5.74, 6) is 0. The molecule has 0 aromatic heterocycles. The lowest BCUT2D eigenvalue weighted by Gasteiger charge is -2.26. The normalized spacial score (nSPS) is 16.1. The van der Waals surface area contributed by atoms with E-state index in [1.807, 2.05) is 20.8 Å². The van der Waals surface area contributed by atoms with Crippen molar-refractivity contribution in [2.45, 2.75) is 32.4 Å². The summed E-state index contributed by atoms with van der Waals surface area (Å²) < 4.78 is 5.07. The van der Waals surface area contributed by atoms with Gasteiger partial charge in [-0.05, 0) is 20.8 Å². The van der Waals surface area contributed by atoms with Gasteiger partial charge in [-0.3, -0.25) is 0 Å². The van der Waals surface area contributed by atoms with Crippen molar-refractivity contribution < 1.29 is 4.74 Å². The van der Waals surface area contributed by atoms with Gasteiger partial charge in [0.15, 0.2) is 0 Å². The monoisotopic (exact) mass is 117 g/mol. The lowest BCUT2D eigenvalue weighted by atomic mass is 10.0. The molecule has 2 heteroatoms. The van der Waals surface area contributed by atoms with E-state index in [4.69, 9.17) is 10.5 Å². The van der Waals surface area contributed by atoms with Crippen molar-refractivity contribution in [3.63, 3.8) is 0 Å². The molecule has 0 saturated heterocycles.